The molecule has 2 rings (SSSR count). The van der Waals surface area contributed by atoms with E-state index in [1.807, 2.05) is 25.1 Å². The van der Waals surface area contributed by atoms with Crippen LogP contribution in [0.25, 0.3) is 0 Å². The highest BCUT2D eigenvalue weighted by Gasteiger charge is 2.44. The number of hydrogen-bond acceptors (Lipinski definition) is 4. The van der Waals surface area contributed by atoms with Gasteiger partial charge >= 0.3 is 0 Å². The molecule has 126 valence electrons. The highest BCUT2D eigenvalue weighted by atomic mass is 35.5. The molecule has 0 N–H and O–H groups in total. The van der Waals surface area contributed by atoms with Gasteiger partial charge in [-0.25, -0.2) is 9.67 Å². The van der Waals surface area contributed by atoms with E-state index in [2.05, 4.69) is 30.9 Å². The molecule has 0 radical (unpaired) electrons. The van der Waals surface area contributed by atoms with Crippen LogP contribution in [0.4, 0.5) is 0 Å². The van der Waals surface area contributed by atoms with Gasteiger partial charge in [0.25, 0.3) is 0 Å². The second-order valence-corrected chi connectivity index (χ2v) is 7.18. The first kappa shape index (κ1) is 17.8. The second-order valence-electron chi connectivity index (χ2n) is 6.74. The number of rotatable bonds is 6. The third-order valence-electron chi connectivity index (χ3n) is 4.24. The van der Waals surface area contributed by atoms with Gasteiger partial charge in [0.2, 0.25) is 0 Å². The Morgan fingerprint density at radius 2 is 2.00 bits per heavy atom. The zero-order chi connectivity index (χ0) is 17.1. The van der Waals surface area contributed by atoms with E-state index in [1.165, 1.54) is 6.33 Å². The molecule has 0 saturated heterocycles. The van der Waals surface area contributed by atoms with E-state index in [1.54, 1.807) is 18.1 Å². The smallest absolute Gasteiger partial charge is 0.137 e. The van der Waals surface area contributed by atoms with Crippen molar-refractivity contribution < 1.29 is 9.47 Å². The third kappa shape index (κ3) is 4.03. The largest absolute Gasteiger partial charge is 0.490 e. The first-order valence-corrected chi connectivity index (χ1v) is 7.92. The molecular formula is C17H24ClN3O2. The number of aryl methyl sites for hydroxylation is 1. The molecule has 0 spiro atoms. The molecule has 2 aromatic rings. The fourth-order valence-electron chi connectivity index (χ4n) is 2.47. The summed E-state index contributed by atoms with van der Waals surface area (Å²) < 4.78 is 13.8. The molecule has 0 bridgehead atoms. The Morgan fingerprint density at radius 1 is 1.26 bits per heavy atom. The molecule has 1 aromatic heterocycles. The van der Waals surface area contributed by atoms with Crippen molar-refractivity contribution in [2.45, 2.75) is 39.8 Å². The summed E-state index contributed by atoms with van der Waals surface area (Å²) in [6.07, 6.45) is 3.21. The Labute approximate surface area is 142 Å². The van der Waals surface area contributed by atoms with E-state index in [4.69, 9.17) is 21.1 Å². The van der Waals surface area contributed by atoms with Crippen LogP contribution in [-0.2, 0) is 11.3 Å². The fraction of sp³-hybridized carbons (Fsp3) is 0.529. The molecule has 1 heterocycles. The van der Waals surface area contributed by atoms with Gasteiger partial charge in [-0.15, -0.1) is 0 Å². The predicted octanol–water partition coefficient (Wildman–Crippen LogP) is 3.75. The standard InChI is InChI=1S/C17H24ClN3O2/c1-13-8-14(18)6-7-15(13)23-10-17(22-5,16(2,3)4)9-21-12-19-11-20-21/h6-8,11-12H,9-10H2,1-5H3. The normalized spacial score (nSPS) is 14.5. The van der Waals surface area contributed by atoms with Gasteiger partial charge in [-0.1, -0.05) is 32.4 Å². The van der Waals surface area contributed by atoms with Crippen molar-refractivity contribution in [3.8, 4) is 5.75 Å². The topological polar surface area (TPSA) is 49.2 Å². The zero-order valence-electron chi connectivity index (χ0n) is 14.3. The number of benzene rings is 1. The Morgan fingerprint density at radius 3 is 2.52 bits per heavy atom. The number of nitrogens with zero attached hydrogens (tertiary/aromatic N) is 3. The van der Waals surface area contributed by atoms with E-state index in [-0.39, 0.29) is 5.41 Å². The van der Waals surface area contributed by atoms with Crippen LogP contribution in [0, 0.1) is 12.3 Å². The summed E-state index contributed by atoms with van der Waals surface area (Å²) in [7, 11) is 1.71. The molecule has 1 atom stereocenters. The summed E-state index contributed by atoms with van der Waals surface area (Å²) in [4.78, 5) is 4.01. The van der Waals surface area contributed by atoms with Crippen LogP contribution in [0.2, 0.25) is 5.02 Å². The zero-order valence-corrected chi connectivity index (χ0v) is 15.1. The Kier molecular flexibility index (Phi) is 5.32. The summed E-state index contributed by atoms with van der Waals surface area (Å²) in [5.74, 6) is 0.804. The molecule has 0 aliphatic rings. The Hall–Kier alpha value is -1.59. The molecule has 0 saturated carbocycles. The Bertz CT molecular complexity index is 638. The monoisotopic (exact) mass is 337 g/mol. The molecule has 0 amide bonds. The van der Waals surface area contributed by atoms with Gasteiger partial charge in [0.05, 0.1) is 6.54 Å². The van der Waals surface area contributed by atoms with Crippen molar-refractivity contribution in [2.24, 2.45) is 5.41 Å². The van der Waals surface area contributed by atoms with Crippen molar-refractivity contribution in [2.75, 3.05) is 13.7 Å². The molecule has 0 aliphatic heterocycles. The highest BCUT2D eigenvalue weighted by molar-refractivity contribution is 6.30. The molecule has 1 unspecified atom stereocenters. The maximum absolute atomic E-state index is 6.08. The third-order valence-corrected chi connectivity index (χ3v) is 4.47. The minimum atomic E-state index is -0.549. The molecular weight excluding hydrogens is 314 g/mol. The molecule has 5 nitrogen and oxygen atoms in total. The van der Waals surface area contributed by atoms with Crippen LogP contribution in [-0.4, -0.2) is 34.1 Å². The first-order chi connectivity index (χ1) is 10.8. The predicted molar refractivity (Wildman–Crippen MR) is 90.9 cm³/mol. The highest BCUT2D eigenvalue weighted by Crippen LogP contribution is 2.36. The summed E-state index contributed by atoms with van der Waals surface area (Å²) in [5, 5.41) is 4.90. The van der Waals surface area contributed by atoms with Crippen LogP contribution in [0.3, 0.4) is 0 Å². The van der Waals surface area contributed by atoms with Gasteiger partial charge in [-0.3, -0.25) is 0 Å². The molecule has 1 aromatic carbocycles. The lowest BCUT2D eigenvalue weighted by Gasteiger charge is -2.43. The molecule has 6 heteroatoms. The van der Waals surface area contributed by atoms with Crippen molar-refractivity contribution in [3.05, 3.63) is 41.4 Å². The SMILES string of the molecule is COC(COc1ccc(Cl)cc1C)(Cn1cncn1)C(C)(C)C. The number of methoxy groups -OCH3 is 1. The van der Waals surface area contributed by atoms with Crippen LogP contribution in [0.15, 0.2) is 30.9 Å². The van der Waals surface area contributed by atoms with Gasteiger partial charge in [0.1, 0.15) is 30.6 Å². The van der Waals surface area contributed by atoms with Gasteiger partial charge in [-0.2, -0.15) is 5.10 Å². The summed E-state index contributed by atoms with van der Waals surface area (Å²) >= 11 is 6.00. The minimum Gasteiger partial charge on any atom is -0.490 e. The lowest BCUT2D eigenvalue weighted by atomic mass is 9.76. The van der Waals surface area contributed by atoms with Crippen molar-refractivity contribution >= 4 is 11.6 Å². The minimum absolute atomic E-state index is 0.159. The number of ether oxygens (including phenoxy) is 2. The number of halogens is 1. The maximum atomic E-state index is 6.08. The average Bonchev–Trinajstić information content (AvgIpc) is 2.96. The van der Waals surface area contributed by atoms with Crippen LogP contribution in [0.1, 0.15) is 26.3 Å². The maximum Gasteiger partial charge on any atom is 0.137 e. The molecule has 0 fully saturated rings. The first-order valence-electron chi connectivity index (χ1n) is 7.54. The number of hydrogen-bond donors (Lipinski definition) is 0. The van der Waals surface area contributed by atoms with Crippen molar-refractivity contribution in [1.29, 1.82) is 0 Å². The van der Waals surface area contributed by atoms with E-state index >= 15 is 0 Å². The number of aromatic nitrogens is 3. The molecule has 23 heavy (non-hydrogen) atoms. The summed E-state index contributed by atoms with van der Waals surface area (Å²) in [6.45, 7) is 9.32. The van der Waals surface area contributed by atoms with Crippen LogP contribution >= 0.6 is 11.6 Å². The lowest BCUT2D eigenvalue weighted by Crippen LogP contribution is -2.53. The lowest BCUT2D eigenvalue weighted by molar-refractivity contribution is -0.129. The second kappa shape index (κ2) is 6.89. The van der Waals surface area contributed by atoms with Gasteiger partial charge < -0.3 is 9.47 Å². The van der Waals surface area contributed by atoms with Crippen LogP contribution in [0.5, 0.6) is 5.75 Å². The van der Waals surface area contributed by atoms with Gasteiger partial charge in [0.15, 0.2) is 0 Å². The van der Waals surface area contributed by atoms with E-state index in [9.17, 15) is 0 Å². The van der Waals surface area contributed by atoms with Crippen LogP contribution < -0.4 is 4.74 Å². The van der Waals surface area contributed by atoms with E-state index in [0.717, 1.165) is 11.3 Å². The summed E-state index contributed by atoms with van der Waals surface area (Å²) in [5.41, 5.74) is 0.290. The van der Waals surface area contributed by atoms with E-state index in [0.29, 0.717) is 18.2 Å². The summed E-state index contributed by atoms with van der Waals surface area (Å²) in [6, 6.07) is 5.60. The van der Waals surface area contributed by atoms with Gasteiger partial charge in [-0.05, 0) is 36.1 Å². The fourth-order valence-corrected chi connectivity index (χ4v) is 2.70. The molecule has 0 aliphatic carbocycles. The van der Waals surface area contributed by atoms with Crippen molar-refractivity contribution in [1.82, 2.24) is 14.8 Å². The van der Waals surface area contributed by atoms with E-state index < -0.39 is 5.60 Å². The quantitative estimate of drug-likeness (QED) is 0.805. The average molecular weight is 338 g/mol. The Balaban J connectivity index is 2.23. The van der Waals surface area contributed by atoms with Crippen molar-refractivity contribution in [3.63, 3.8) is 0 Å². The van der Waals surface area contributed by atoms with Gasteiger partial charge in [0, 0.05) is 12.1 Å².